The molecule has 0 fully saturated rings. The fraction of sp³-hybridized carbons (Fsp3) is 0.0909. The van der Waals surface area contributed by atoms with E-state index in [0.717, 1.165) is 16.7 Å². The molecule has 0 spiro atoms. The molecule has 0 bridgehead atoms. The fourth-order valence-electron chi connectivity index (χ4n) is 3.22. The summed E-state index contributed by atoms with van der Waals surface area (Å²) in [5.74, 6) is 0. The van der Waals surface area contributed by atoms with E-state index in [-0.39, 0.29) is 10.4 Å². The van der Waals surface area contributed by atoms with Gasteiger partial charge in [-0.15, -0.1) is 0 Å². The van der Waals surface area contributed by atoms with Crippen LogP contribution in [0.15, 0.2) is 87.3 Å². The number of aromatic nitrogens is 2. The molecule has 0 saturated heterocycles. The maximum absolute atomic E-state index is 12.8. The van der Waals surface area contributed by atoms with Crippen LogP contribution in [-0.2, 0) is 10.0 Å². The Morgan fingerprint density at radius 2 is 1.37 bits per heavy atom. The van der Waals surface area contributed by atoms with Crippen LogP contribution in [0.1, 0.15) is 18.5 Å². The monoisotopic (exact) mass is 421 g/mol. The zero-order chi connectivity index (χ0) is 21.3. The van der Waals surface area contributed by atoms with E-state index in [1.807, 2.05) is 54.6 Å². The Balaban J connectivity index is 1.58. The van der Waals surface area contributed by atoms with Gasteiger partial charge in [-0.1, -0.05) is 54.6 Å². The lowest BCUT2D eigenvalue weighted by molar-refractivity contribution is 0.567. The molecular formula is C22H19N3O4S. The third-order valence-electron chi connectivity index (χ3n) is 4.85. The fourth-order valence-corrected chi connectivity index (χ4v) is 4.48. The van der Waals surface area contributed by atoms with Crippen molar-refractivity contribution in [3.8, 4) is 11.1 Å². The molecule has 0 radical (unpaired) electrons. The first-order chi connectivity index (χ1) is 14.3. The minimum atomic E-state index is -3.85. The summed E-state index contributed by atoms with van der Waals surface area (Å²) in [5.41, 5.74) is 1.91. The minimum absolute atomic E-state index is 0.00884. The number of hydrogen-bond donors (Lipinski definition) is 3. The Kier molecular flexibility index (Phi) is 5.11. The number of fused-ring (bicyclic) bond motifs is 1. The molecule has 0 amide bonds. The van der Waals surface area contributed by atoms with Crippen molar-refractivity contribution in [3.05, 3.63) is 99.1 Å². The highest BCUT2D eigenvalue weighted by atomic mass is 32.2. The first kappa shape index (κ1) is 19.8. The molecule has 0 aliphatic heterocycles. The molecular weight excluding hydrogens is 402 g/mol. The quantitative estimate of drug-likeness (QED) is 0.430. The first-order valence-electron chi connectivity index (χ1n) is 9.27. The molecule has 30 heavy (non-hydrogen) atoms. The molecule has 3 N–H and O–H groups in total. The van der Waals surface area contributed by atoms with Crippen LogP contribution in [0.5, 0.6) is 0 Å². The van der Waals surface area contributed by atoms with Gasteiger partial charge in [0.15, 0.2) is 0 Å². The third-order valence-corrected chi connectivity index (χ3v) is 6.39. The Morgan fingerprint density at radius 3 is 2.03 bits per heavy atom. The minimum Gasteiger partial charge on any atom is -0.316 e. The molecule has 8 heteroatoms. The van der Waals surface area contributed by atoms with Gasteiger partial charge in [-0.3, -0.25) is 9.59 Å². The molecule has 0 saturated carbocycles. The van der Waals surface area contributed by atoms with E-state index in [9.17, 15) is 18.0 Å². The van der Waals surface area contributed by atoms with Gasteiger partial charge in [-0.2, -0.15) is 0 Å². The van der Waals surface area contributed by atoms with Crippen molar-refractivity contribution in [1.29, 1.82) is 0 Å². The Hall–Kier alpha value is -3.49. The SMILES string of the molecule is CC(NS(=O)(=O)c1ccc2[nH]c(=O)c(=O)[nH]c2c1)c1ccc(-c2ccccc2)cc1. The van der Waals surface area contributed by atoms with Crippen molar-refractivity contribution in [1.82, 2.24) is 14.7 Å². The van der Waals surface area contributed by atoms with Gasteiger partial charge in [-0.05, 0) is 41.8 Å². The van der Waals surface area contributed by atoms with Crippen LogP contribution in [0.25, 0.3) is 22.2 Å². The molecule has 152 valence electrons. The number of sulfonamides is 1. The smallest absolute Gasteiger partial charge is 0.314 e. The van der Waals surface area contributed by atoms with E-state index >= 15 is 0 Å². The maximum Gasteiger partial charge on any atom is 0.314 e. The van der Waals surface area contributed by atoms with Crippen LogP contribution in [0.3, 0.4) is 0 Å². The molecule has 1 unspecified atom stereocenters. The number of hydrogen-bond acceptors (Lipinski definition) is 4. The zero-order valence-corrected chi connectivity index (χ0v) is 16.9. The highest BCUT2D eigenvalue weighted by Gasteiger charge is 2.19. The summed E-state index contributed by atoms with van der Waals surface area (Å²) in [6.45, 7) is 1.76. The molecule has 1 heterocycles. The molecule has 1 aromatic heterocycles. The second kappa shape index (κ2) is 7.74. The van der Waals surface area contributed by atoms with Gasteiger partial charge in [0.1, 0.15) is 0 Å². The number of nitrogens with one attached hydrogen (secondary N) is 3. The Labute approximate surface area is 172 Å². The average molecular weight is 421 g/mol. The van der Waals surface area contributed by atoms with E-state index in [1.54, 1.807) is 6.92 Å². The summed E-state index contributed by atoms with van der Waals surface area (Å²) < 4.78 is 28.3. The standard InChI is InChI=1S/C22H19N3O4S/c1-14(15-7-9-17(10-8-15)16-5-3-2-4-6-16)25-30(28,29)18-11-12-19-20(13-18)24-22(27)21(26)23-19/h2-14,25H,1H3,(H,23,26)(H,24,27). The van der Waals surface area contributed by atoms with Crippen molar-refractivity contribution < 1.29 is 8.42 Å². The zero-order valence-electron chi connectivity index (χ0n) is 16.0. The van der Waals surface area contributed by atoms with Gasteiger partial charge in [0.05, 0.1) is 15.9 Å². The molecule has 3 aromatic carbocycles. The van der Waals surface area contributed by atoms with Gasteiger partial charge in [0, 0.05) is 6.04 Å². The van der Waals surface area contributed by atoms with Crippen LogP contribution in [0, 0.1) is 0 Å². The lowest BCUT2D eigenvalue weighted by atomic mass is 10.0. The molecule has 7 nitrogen and oxygen atoms in total. The van der Waals surface area contributed by atoms with Crippen molar-refractivity contribution in [2.24, 2.45) is 0 Å². The summed E-state index contributed by atoms with van der Waals surface area (Å²) in [7, 11) is -3.85. The third kappa shape index (κ3) is 3.96. The van der Waals surface area contributed by atoms with Gasteiger partial charge in [-0.25, -0.2) is 13.1 Å². The lowest BCUT2D eigenvalue weighted by Crippen LogP contribution is -2.29. The van der Waals surface area contributed by atoms with Crippen LogP contribution in [0.4, 0.5) is 0 Å². The average Bonchev–Trinajstić information content (AvgIpc) is 2.74. The van der Waals surface area contributed by atoms with Crippen molar-refractivity contribution in [2.45, 2.75) is 17.9 Å². The number of aromatic amines is 2. The van der Waals surface area contributed by atoms with Crippen LogP contribution in [-0.4, -0.2) is 18.4 Å². The molecule has 0 aliphatic carbocycles. The van der Waals surface area contributed by atoms with E-state index in [0.29, 0.717) is 5.52 Å². The largest absolute Gasteiger partial charge is 0.316 e. The predicted molar refractivity (Wildman–Crippen MR) is 116 cm³/mol. The van der Waals surface area contributed by atoms with E-state index in [4.69, 9.17) is 0 Å². The summed E-state index contributed by atoms with van der Waals surface area (Å²) in [5, 5.41) is 0. The molecule has 1 atom stereocenters. The topological polar surface area (TPSA) is 112 Å². The van der Waals surface area contributed by atoms with Gasteiger partial charge in [0.25, 0.3) is 0 Å². The van der Waals surface area contributed by atoms with E-state index in [1.165, 1.54) is 18.2 Å². The highest BCUT2D eigenvalue weighted by molar-refractivity contribution is 7.89. The second-order valence-corrected chi connectivity index (χ2v) is 8.66. The van der Waals surface area contributed by atoms with Crippen LogP contribution in [0.2, 0.25) is 0 Å². The van der Waals surface area contributed by atoms with Gasteiger partial charge >= 0.3 is 11.1 Å². The van der Waals surface area contributed by atoms with Crippen LogP contribution < -0.4 is 15.8 Å². The van der Waals surface area contributed by atoms with E-state index in [2.05, 4.69) is 14.7 Å². The molecule has 4 rings (SSSR count). The molecule has 4 aromatic rings. The summed E-state index contributed by atoms with van der Waals surface area (Å²) >= 11 is 0. The maximum atomic E-state index is 12.8. The predicted octanol–water partition coefficient (Wildman–Crippen LogP) is 2.92. The normalized spacial score (nSPS) is 12.7. The van der Waals surface area contributed by atoms with Gasteiger partial charge in [0.2, 0.25) is 10.0 Å². The van der Waals surface area contributed by atoms with Gasteiger partial charge < -0.3 is 9.97 Å². The van der Waals surface area contributed by atoms with E-state index < -0.39 is 27.2 Å². The molecule has 0 aliphatic rings. The van der Waals surface area contributed by atoms with Crippen LogP contribution >= 0.6 is 0 Å². The van der Waals surface area contributed by atoms with Crippen molar-refractivity contribution >= 4 is 21.1 Å². The van der Waals surface area contributed by atoms with Crippen molar-refractivity contribution in [3.63, 3.8) is 0 Å². The summed E-state index contributed by atoms with van der Waals surface area (Å²) in [6, 6.07) is 21.3. The Morgan fingerprint density at radius 1 is 0.767 bits per heavy atom. The highest BCUT2D eigenvalue weighted by Crippen LogP contribution is 2.23. The first-order valence-corrected chi connectivity index (χ1v) is 10.8. The summed E-state index contributed by atoms with van der Waals surface area (Å²) in [6.07, 6.45) is 0. The lowest BCUT2D eigenvalue weighted by Gasteiger charge is -2.15. The number of rotatable bonds is 5. The van der Waals surface area contributed by atoms with Crippen molar-refractivity contribution in [2.75, 3.05) is 0 Å². The number of H-pyrrole nitrogens is 2. The Bertz CT molecular complexity index is 1420. The second-order valence-electron chi connectivity index (χ2n) is 6.95. The number of benzene rings is 3. The summed E-state index contributed by atoms with van der Waals surface area (Å²) in [4.78, 5) is 27.7.